The van der Waals surface area contributed by atoms with Crippen LogP contribution in [0.15, 0.2) is 42.5 Å². The van der Waals surface area contributed by atoms with E-state index in [1.54, 1.807) is 18.0 Å². The second-order valence-corrected chi connectivity index (χ2v) is 5.33. The van der Waals surface area contributed by atoms with Crippen LogP contribution in [0.5, 0.6) is 0 Å². The maximum Gasteiger partial charge on any atom is 0.321 e. The van der Waals surface area contributed by atoms with Crippen LogP contribution >= 0.6 is 0 Å². The Morgan fingerprint density at radius 1 is 1.09 bits per heavy atom. The molecule has 0 saturated carbocycles. The van der Waals surface area contributed by atoms with Crippen molar-refractivity contribution in [1.29, 1.82) is 0 Å². The fourth-order valence-electron chi connectivity index (χ4n) is 2.72. The van der Waals surface area contributed by atoms with Crippen LogP contribution in [0.2, 0.25) is 0 Å². The van der Waals surface area contributed by atoms with Crippen molar-refractivity contribution < 1.29 is 9.18 Å². The normalized spacial score (nSPS) is 13.8. The molecule has 114 valence electrons. The molecule has 0 radical (unpaired) electrons. The lowest BCUT2D eigenvalue weighted by Gasteiger charge is -2.37. The van der Waals surface area contributed by atoms with Crippen LogP contribution in [-0.4, -0.2) is 26.2 Å². The van der Waals surface area contributed by atoms with Gasteiger partial charge in [-0.25, -0.2) is 9.18 Å². The van der Waals surface area contributed by atoms with Gasteiger partial charge in [-0.3, -0.25) is 4.90 Å². The Morgan fingerprint density at radius 2 is 1.82 bits per heavy atom. The average Bonchev–Trinajstić information content (AvgIpc) is 2.54. The molecule has 1 aliphatic heterocycles. The maximum atomic E-state index is 13.7. The van der Waals surface area contributed by atoms with Crippen LogP contribution in [0.4, 0.5) is 26.2 Å². The maximum absolute atomic E-state index is 13.7. The zero-order valence-electron chi connectivity index (χ0n) is 12.6. The van der Waals surface area contributed by atoms with E-state index < -0.39 is 0 Å². The lowest BCUT2D eigenvalue weighted by Crippen LogP contribution is -2.46. The molecule has 0 fully saturated rings. The highest BCUT2D eigenvalue weighted by Gasteiger charge is 2.27. The summed E-state index contributed by atoms with van der Waals surface area (Å²) in [6, 6.07) is 12.4. The van der Waals surface area contributed by atoms with E-state index in [4.69, 9.17) is 0 Å². The summed E-state index contributed by atoms with van der Waals surface area (Å²) in [6.07, 6.45) is 0. The Balaban J connectivity index is 2.06. The topological polar surface area (TPSA) is 35.6 Å². The van der Waals surface area contributed by atoms with Gasteiger partial charge in [0.05, 0.1) is 11.4 Å². The van der Waals surface area contributed by atoms with Crippen molar-refractivity contribution in [3.8, 4) is 0 Å². The fraction of sp³-hybridized carbons (Fsp3) is 0.235. The van der Waals surface area contributed by atoms with Crippen LogP contribution < -0.4 is 15.1 Å². The Hall–Kier alpha value is -2.56. The highest BCUT2D eigenvalue weighted by atomic mass is 19.1. The highest BCUT2D eigenvalue weighted by Crippen LogP contribution is 2.38. The summed E-state index contributed by atoms with van der Waals surface area (Å²) in [5.41, 5.74) is 3.59. The van der Waals surface area contributed by atoms with E-state index in [-0.39, 0.29) is 11.8 Å². The number of hydrogen-bond acceptors (Lipinski definition) is 2. The molecule has 0 saturated heterocycles. The minimum Gasteiger partial charge on any atom is -0.341 e. The van der Waals surface area contributed by atoms with E-state index in [9.17, 15) is 9.18 Å². The Bertz CT molecular complexity index is 700. The predicted molar refractivity (Wildman–Crippen MR) is 86.4 cm³/mol. The third-order valence-corrected chi connectivity index (χ3v) is 3.87. The zero-order chi connectivity index (χ0) is 15.7. The summed E-state index contributed by atoms with van der Waals surface area (Å²) in [6.45, 7) is 3.19. The zero-order valence-corrected chi connectivity index (χ0v) is 12.6. The number of urea groups is 1. The molecule has 2 aromatic rings. The first-order valence-electron chi connectivity index (χ1n) is 7.23. The van der Waals surface area contributed by atoms with Crippen LogP contribution in [0, 0.1) is 12.7 Å². The van der Waals surface area contributed by atoms with Gasteiger partial charge in [0, 0.05) is 25.8 Å². The van der Waals surface area contributed by atoms with Crippen LogP contribution in [0.25, 0.3) is 0 Å². The molecule has 1 aliphatic rings. The largest absolute Gasteiger partial charge is 0.341 e. The van der Waals surface area contributed by atoms with E-state index >= 15 is 0 Å². The van der Waals surface area contributed by atoms with Crippen LogP contribution in [-0.2, 0) is 0 Å². The summed E-state index contributed by atoms with van der Waals surface area (Å²) in [7, 11) is 1.60. The lowest BCUT2D eigenvalue weighted by atomic mass is 10.1. The SMILES string of the molecule is CNC(=O)N1CCN(c2ccc(C)cc2)c2cc(F)ccc21. The number of carbonyl (C=O) groups is 1. The van der Waals surface area contributed by atoms with Crippen LogP contribution in [0.3, 0.4) is 0 Å². The molecule has 0 aliphatic carbocycles. The average molecular weight is 299 g/mol. The number of nitrogens with zero attached hydrogens (tertiary/aromatic N) is 2. The first-order valence-corrected chi connectivity index (χ1v) is 7.23. The molecular weight excluding hydrogens is 281 g/mol. The molecule has 0 atom stereocenters. The van der Waals surface area contributed by atoms with E-state index in [0.717, 1.165) is 5.69 Å². The predicted octanol–water partition coefficient (Wildman–Crippen LogP) is 3.43. The van der Waals surface area contributed by atoms with Crippen molar-refractivity contribution in [2.24, 2.45) is 0 Å². The van der Waals surface area contributed by atoms with E-state index in [1.807, 2.05) is 36.1 Å². The van der Waals surface area contributed by atoms with E-state index in [2.05, 4.69) is 5.32 Å². The molecule has 3 rings (SSSR count). The van der Waals surface area contributed by atoms with Gasteiger partial charge in [-0.15, -0.1) is 0 Å². The molecule has 0 bridgehead atoms. The molecule has 22 heavy (non-hydrogen) atoms. The number of halogens is 1. The van der Waals surface area contributed by atoms with Gasteiger partial charge >= 0.3 is 6.03 Å². The number of carbonyl (C=O) groups excluding carboxylic acids is 1. The third-order valence-electron chi connectivity index (χ3n) is 3.87. The van der Waals surface area contributed by atoms with E-state index in [1.165, 1.54) is 17.7 Å². The van der Waals surface area contributed by atoms with Crippen molar-refractivity contribution in [3.63, 3.8) is 0 Å². The molecule has 4 nitrogen and oxygen atoms in total. The minimum absolute atomic E-state index is 0.184. The lowest BCUT2D eigenvalue weighted by molar-refractivity contribution is 0.248. The van der Waals surface area contributed by atoms with Gasteiger partial charge in [-0.05, 0) is 37.3 Å². The molecule has 0 aromatic heterocycles. The van der Waals surface area contributed by atoms with Gasteiger partial charge in [-0.2, -0.15) is 0 Å². The summed E-state index contributed by atoms with van der Waals surface area (Å²) >= 11 is 0. The van der Waals surface area contributed by atoms with Crippen molar-refractivity contribution in [1.82, 2.24) is 5.32 Å². The molecule has 0 unspecified atom stereocenters. The summed E-state index contributed by atoms with van der Waals surface area (Å²) < 4.78 is 13.7. The summed E-state index contributed by atoms with van der Waals surface area (Å²) in [5, 5.41) is 2.63. The number of benzene rings is 2. The number of nitrogens with one attached hydrogen (secondary N) is 1. The first-order chi connectivity index (χ1) is 10.6. The van der Waals surface area contributed by atoms with Gasteiger partial charge in [-0.1, -0.05) is 17.7 Å². The van der Waals surface area contributed by atoms with E-state index in [0.29, 0.717) is 24.5 Å². The number of hydrogen-bond donors (Lipinski definition) is 1. The fourth-order valence-corrected chi connectivity index (χ4v) is 2.72. The number of rotatable bonds is 1. The molecular formula is C17H18FN3O. The first kappa shape index (κ1) is 14.4. The molecule has 1 heterocycles. The summed E-state index contributed by atoms with van der Waals surface area (Å²) in [4.78, 5) is 15.7. The van der Waals surface area contributed by atoms with Crippen molar-refractivity contribution >= 4 is 23.1 Å². The Morgan fingerprint density at radius 3 is 2.50 bits per heavy atom. The smallest absolute Gasteiger partial charge is 0.321 e. The number of fused-ring (bicyclic) bond motifs is 1. The van der Waals surface area contributed by atoms with Crippen LogP contribution in [0.1, 0.15) is 5.56 Å². The van der Waals surface area contributed by atoms with Gasteiger partial charge in [0.1, 0.15) is 5.82 Å². The molecule has 2 aromatic carbocycles. The molecule has 0 spiro atoms. The Labute approximate surface area is 129 Å². The highest BCUT2D eigenvalue weighted by molar-refractivity contribution is 5.97. The minimum atomic E-state index is -0.311. The second-order valence-electron chi connectivity index (χ2n) is 5.33. The second kappa shape index (κ2) is 5.67. The number of anilines is 3. The molecule has 5 heteroatoms. The van der Waals surface area contributed by atoms with Crippen molar-refractivity contribution in [2.75, 3.05) is 29.9 Å². The molecule has 1 N–H and O–H groups in total. The summed E-state index contributed by atoms with van der Waals surface area (Å²) in [5.74, 6) is -0.311. The number of amides is 2. The van der Waals surface area contributed by atoms with Crippen molar-refractivity contribution in [3.05, 3.63) is 53.8 Å². The number of aryl methyl sites for hydroxylation is 1. The monoisotopic (exact) mass is 299 g/mol. The van der Waals surface area contributed by atoms with Gasteiger partial charge in [0.2, 0.25) is 0 Å². The van der Waals surface area contributed by atoms with Crippen molar-refractivity contribution in [2.45, 2.75) is 6.92 Å². The van der Waals surface area contributed by atoms with Gasteiger partial charge < -0.3 is 10.2 Å². The Kier molecular flexibility index (Phi) is 3.71. The van der Waals surface area contributed by atoms with Gasteiger partial charge in [0.25, 0.3) is 0 Å². The third kappa shape index (κ3) is 2.50. The standard InChI is InChI=1S/C17H18FN3O/c1-12-3-6-14(7-4-12)20-9-10-21(17(22)19-2)15-8-5-13(18)11-16(15)20/h3-8,11H,9-10H2,1-2H3,(H,19,22). The van der Waals surface area contributed by atoms with Gasteiger partial charge in [0.15, 0.2) is 0 Å². The quantitative estimate of drug-likeness (QED) is 0.875. The molecule has 2 amide bonds.